The van der Waals surface area contributed by atoms with Crippen LogP contribution in [0.5, 0.6) is 0 Å². The molecule has 0 heterocycles. The van der Waals surface area contributed by atoms with Crippen LogP contribution in [-0.2, 0) is 95.9 Å². The predicted molar refractivity (Wildman–Crippen MR) is 250 cm³/mol. The number of hydrogen-bond acceptors (Lipinski definition) is 21. The molecule has 0 spiro atoms. The lowest BCUT2D eigenvalue weighted by Crippen LogP contribution is -2.61. The smallest absolute Gasteiger partial charge is 0.326 e. The van der Waals surface area contributed by atoms with Crippen molar-refractivity contribution in [3.63, 3.8) is 0 Å². The van der Waals surface area contributed by atoms with Crippen LogP contribution in [0.2, 0.25) is 0 Å². The third-order valence-corrected chi connectivity index (χ3v) is 10.1. The summed E-state index contributed by atoms with van der Waals surface area (Å²) in [5.74, 6) is -35.9. The van der Waals surface area contributed by atoms with Gasteiger partial charge in [-0.15, -0.1) is 0 Å². The number of nitrogens with one attached hydrogen (secondary N) is 9. The fourth-order valence-electron chi connectivity index (χ4n) is 6.34. The summed E-state index contributed by atoms with van der Waals surface area (Å²) in [5.41, 5.74) is 5.40. The lowest BCUT2D eigenvalue weighted by atomic mass is 10.1. The molecule has 41 heteroatoms. The number of amides is 9. The molecule has 0 aromatic carbocycles. The Morgan fingerprint density at radius 3 is 0.598 bits per heavy atom. The van der Waals surface area contributed by atoms with E-state index in [1.165, 1.54) is 0 Å². The van der Waals surface area contributed by atoms with E-state index in [4.69, 9.17) is 15.9 Å². The van der Waals surface area contributed by atoms with Crippen LogP contribution in [0, 0.1) is 0 Å². The van der Waals surface area contributed by atoms with Crippen LogP contribution in [0.15, 0.2) is 0 Å². The summed E-state index contributed by atoms with van der Waals surface area (Å²) in [7, 11) is 0. The second-order valence-corrected chi connectivity index (χ2v) is 16.8. The summed E-state index contributed by atoms with van der Waals surface area (Å²) >= 11 is 0. The molecule has 0 saturated carbocycles. The third-order valence-electron chi connectivity index (χ3n) is 10.1. The molecule has 454 valence electrons. The van der Waals surface area contributed by atoms with E-state index < -0.39 is 250 Å². The molecule has 82 heavy (non-hydrogen) atoms. The number of aliphatic carboxylic acids is 11. The van der Waals surface area contributed by atoms with Crippen molar-refractivity contribution >= 4 is 119 Å². The number of carboxylic acids is 11. The molecular weight excluding hydrogens is 1130 g/mol. The number of rotatable bonds is 40. The van der Waals surface area contributed by atoms with Crippen molar-refractivity contribution in [1.82, 2.24) is 47.9 Å². The van der Waals surface area contributed by atoms with Gasteiger partial charge in [0, 0.05) is 6.42 Å². The molecule has 0 radical (unpaired) electrons. The maximum atomic E-state index is 13.6. The van der Waals surface area contributed by atoms with Crippen LogP contribution in [0.3, 0.4) is 0 Å². The third kappa shape index (κ3) is 28.7. The zero-order chi connectivity index (χ0) is 63.5. The summed E-state index contributed by atoms with van der Waals surface area (Å²) in [6.45, 7) is 0. The van der Waals surface area contributed by atoms with Crippen LogP contribution < -0.4 is 53.6 Å². The van der Waals surface area contributed by atoms with Gasteiger partial charge in [-0.25, -0.2) is 4.79 Å². The van der Waals surface area contributed by atoms with Gasteiger partial charge in [-0.3, -0.25) is 91.1 Å². The Morgan fingerprint density at radius 1 is 0.232 bits per heavy atom. The van der Waals surface area contributed by atoms with Crippen LogP contribution in [0.1, 0.15) is 70.6 Å². The van der Waals surface area contributed by atoms with E-state index in [1.807, 2.05) is 0 Å². The monoisotopic (exact) mass is 1180 g/mol. The highest BCUT2D eigenvalue weighted by Crippen LogP contribution is 2.09. The minimum absolute atomic E-state index is 1.04. The minimum atomic E-state index is -2.54. The number of carboxylic acid groups (broad SMARTS) is 11. The zero-order valence-corrected chi connectivity index (χ0v) is 41.7. The molecule has 22 N–H and O–H groups in total. The van der Waals surface area contributed by atoms with Crippen molar-refractivity contribution in [2.24, 2.45) is 5.73 Å². The summed E-state index contributed by atoms with van der Waals surface area (Å²) in [6, 6.07) is -23.4. The van der Waals surface area contributed by atoms with E-state index in [0.717, 1.165) is 0 Å². The normalized spacial score (nSPS) is 14.3. The van der Waals surface area contributed by atoms with Crippen molar-refractivity contribution in [1.29, 1.82) is 0 Å². The average Bonchev–Trinajstić information content (AvgIpc) is 3.42. The van der Waals surface area contributed by atoms with E-state index in [1.54, 1.807) is 47.9 Å². The molecule has 0 fully saturated rings. The van der Waals surface area contributed by atoms with E-state index in [-0.39, 0.29) is 0 Å². The van der Waals surface area contributed by atoms with Gasteiger partial charge < -0.3 is 110 Å². The molecule has 10 atom stereocenters. The van der Waals surface area contributed by atoms with E-state index in [9.17, 15) is 142 Å². The van der Waals surface area contributed by atoms with Gasteiger partial charge in [0.2, 0.25) is 53.2 Å². The first kappa shape index (κ1) is 71.4. The Balaban J connectivity index is 6.93. The Bertz CT molecular complexity index is 2550. The highest BCUT2D eigenvalue weighted by atomic mass is 16.4. The Hall–Kier alpha value is -10.6. The van der Waals surface area contributed by atoms with Crippen molar-refractivity contribution in [2.45, 2.75) is 131 Å². The first-order chi connectivity index (χ1) is 37.8. The maximum absolute atomic E-state index is 13.6. The topological polar surface area (TPSA) is 698 Å². The number of hydrogen-bond donors (Lipinski definition) is 21. The van der Waals surface area contributed by atoms with E-state index >= 15 is 0 Å². The Kier molecular flexibility index (Phi) is 29.8. The standard InChI is InChI=1S/C41H54N10O31/c42-12(3-23(54)55)32(72)44-14(4-24(56)57)35(75)47-17(7-27(62)63)38(78)49-19(9-29(66)67)39(79)48-18(8-28(64)65)37(77)46-15(5-25(58)59)34(74)43-13(1-2-22(52)53)33(73)45-16(6-26(60)61)36(76)50-20(10-30(68)69)40(80)51-21(41(81)82)11-31(70)71/h12-21H,1-11,42H2,(H,43,74)(H,44,72)(H,45,73)(H,46,77)(H,47,75)(H,48,79)(H,49,78)(H,50,76)(H,51,80)(H,52,53)(H,54,55)(H,56,57)(H,58,59)(H,60,61)(H,62,63)(H,64,65)(H,66,67)(H,68,69)(H,70,71)(H,81,82)/t12-,13-,14-,15-,16-,17-,18-,19-,20-,21-/m0/s1. The van der Waals surface area contributed by atoms with Gasteiger partial charge in [0.25, 0.3) is 0 Å². The molecule has 0 unspecified atom stereocenters. The largest absolute Gasteiger partial charge is 0.481 e. The summed E-state index contributed by atoms with van der Waals surface area (Å²) < 4.78 is 0. The minimum Gasteiger partial charge on any atom is -0.481 e. The highest BCUT2D eigenvalue weighted by Gasteiger charge is 2.39. The van der Waals surface area contributed by atoms with Gasteiger partial charge in [-0.05, 0) is 6.42 Å². The molecule has 0 bridgehead atoms. The molecule has 0 aliphatic heterocycles. The Morgan fingerprint density at radius 2 is 0.402 bits per heavy atom. The molecule has 0 aliphatic carbocycles. The molecule has 0 aromatic heterocycles. The van der Waals surface area contributed by atoms with Gasteiger partial charge in [0.15, 0.2) is 0 Å². The fourth-order valence-corrected chi connectivity index (χ4v) is 6.34. The summed E-state index contributed by atoms with van der Waals surface area (Å²) in [4.78, 5) is 246. The number of carbonyl (C=O) groups excluding carboxylic acids is 9. The van der Waals surface area contributed by atoms with Crippen LogP contribution in [-0.4, -0.2) is 235 Å². The number of carbonyl (C=O) groups is 20. The molecular formula is C41H54N10O31. The maximum Gasteiger partial charge on any atom is 0.326 e. The molecule has 9 amide bonds. The fraction of sp³-hybridized carbons (Fsp3) is 0.512. The van der Waals surface area contributed by atoms with Gasteiger partial charge in [-0.2, -0.15) is 0 Å². The SMILES string of the molecule is N[C@@H](CC(=O)O)C(=O)N[C@@H](CC(=O)O)C(=O)N[C@@H](CC(=O)O)C(=O)N[C@@H](CC(=O)O)C(=O)N[C@@H](CC(=O)O)C(=O)N[C@@H](CC(=O)O)C(=O)N[C@@H](CCC(=O)O)C(=O)N[C@@H](CC(=O)O)C(=O)N[C@@H](CC(=O)O)C(=O)N[C@@H](CC(=O)O)C(=O)O. The number of nitrogens with two attached hydrogens (primary N) is 1. The molecule has 0 rings (SSSR count). The second kappa shape index (κ2) is 34.3. The quantitative estimate of drug-likeness (QED) is 0.0271. The van der Waals surface area contributed by atoms with Crippen molar-refractivity contribution in [3.8, 4) is 0 Å². The molecule has 0 aromatic rings. The molecule has 41 nitrogen and oxygen atoms in total. The predicted octanol–water partition coefficient (Wildman–Crippen LogP) is -10.1. The Labute approximate surface area is 455 Å². The van der Waals surface area contributed by atoms with Crippen molar-refractivity contribution < 1.29 is 152 Å². The van der Waals surface area contributed by atoms with Gasteiger partial charge >= 0.3 is 65.7 Å². The van der Waals surface area contributed by atoms with Gasteiger partial charge in [0.05, 0.1) is 63.8 Å². The van der Waals surface area contributed by atoms with E-state index in [0.29, 0.717) is 0 Å². The summed E-state index contributed by atoms with van der Waals surface area (Å²) in [5, 5.41) is 118. The second-order valence-electron chi connectivity index (χ2n) is 16.8. The first-order valence-corrected chi connectivity index (χ1v) is 22.7. The van der Waals surface area contributed by atoms with Crippen molar-refractivity contribution in [2.75, 3.05) is 0 Å². The highest BCUT2D eigenvalue weighted by molar-refractivity contribution is 6.02. The van der Waals surface area contributed by atoms with Crippen LogP contribution in [0.4, 0.5) is 0 Å². The zero-order valence-electron chi connectivity index (χ0n) is 41.7. The average molecular weight is 1180 g/mol. The van der Waals surface area contributed by atoms with Crippen molar-refractivity contribution in [3.05, 3.63) is 0 Å². The molecule has 0 saturated heterocycles. The van der Waals surface area contributed by atoms with Gasteiger partial charge in [-0.1, -0.05) is 0 Å². The van der Waals surface area contributed by atoms with E-state index in [2.05, 4.69) is 0 Å². The molecule has 0 aliphatic rings. The first-order valence-electron chi connectivity index (χ1n) is 22.7. The lowest BCUT2D eigenvalue weighted by molar-refractivity contribution is -0.148. The van der Waals surface area contributed by atoms with Crippen LogP contribution >= 0.6 is 0 Å². The summed E-state index contributed by atoms with van der Waals surface area (Å²) in [6.07, 6.45) is -14.7. The lowest BCUT2D eigenvalue weighted by Gasteiger charge is -2.27. The van der Waals surface area contributed by atoms with Crippen LogP contribution in [0.25, 0.3) is 0 Å². The van der Waals surface area contributed by atoms with Gasteiger partial charge in [0.1, 0.15) is 54.4 Å².